The van der Waals surface area contributed by atoms with Crippen molar-refractivity contribution in [1.29, 1.82) is 0 Å². The van der Waals surface area contributed by atoms with E-state index in [4.69, 9.17) is 4.98 Å². The third kappa shape index (κ3) is 5.15. The van der Waals surface area contributed by atoms with Crippen LogP contribution in [0.25, 0.3) is 0 Å². The third-order valence-electron chi connectivity index (χ3n) is 4.26. The number of hydrogen-bond donors (Lipinski definition) is 2. The van der Waals surface area contributed by atoms with E-state index in [1.807, 2.05) is 11.6 Å². The van der Waals surface area contributed by atoms with Gasteiger partial charge in [-0.1, -0.05) is 20.8 Å². The lowest BCUT2D eigenvalue weighted by atomic mass is 9.93. The van der Waals surface area contributed by atoms with Gasteiger partial charge in [0.25, 0.3) is 0 Å². The Morgan fingerprint density at radius 1 is 1.38 bits per heavy atom. The highest BCUT2D eigenvalue weighted by Gasteiger charge is 2.22. The van der Waals surface area contributed by atoms with Gasteiger partial charge in [-0.2, -0.15) is 5.10 Å². The van der Waals surface area contributed by atoms with Crippen LogP contribution in [0.2, 0.25) is 0 Å². The van der Waals surface area contributed by atoms with E-state index in [0.29, 0.717) is 12.6 Å². The number of halogens is 1. The molecule has 0 amide bonds. The molecule has 0 saturated heterocycles. The van der Waals surface area contributed by atoms with E-state index in [9.17, 15) is 0 Å². The summed E-state index contributed by atoms with van der Waals surface area (Å²) in [6.45, 7) is 9.99. The molecule has 0 saturated carbocycles. The SMILES string of the molecule is CN=C(NCc1nc(C(C)(C)C)cs1)NC1CCc2nc(C)nn2C1.I. The van der Waals surface area contributed by atoms with Crippen LogP contribution in [-0.2, 0) is 24.9 Å². The van der Waals surface area contributed by atoms with E-state index in [1.54, 1.807) is 18.4 Å². The lowest BCUT2D eigenvalue weighted by Crippen LogP contribution is -2.46. The molecule has 2 aromatic heterocycles. The van der Waals surface area contributed by atoms with E-state index in [1.165, 1.54) is 0 Å². The van der Waals surface area contributed by atoms with Crippen LogP contribution in [0.15, 0.2) is 10.4 Å². The number of nitrogens with zero attached hydrogens (tertiary/aromatic N) is 5. The molecule has 2 N–H and O–H groups in total. The molecule has 1 aliphatic rings. The molecular weight excluding hydrogens is 461 g/mol. The first-order chi connectivity index (χ1) is 11.8. The minimum Gasteiger partial charge on any atom is -0.352 e. The average molecular weight is 489 g/mol. The number of aryl methyl sites for hydroxylation is 2. The Bertz CT molecular complexity index is 759. The largest absolute Gasteiger partial charge is 0.352 e. The lowest BCUT2D eigenvalue weighted by Gasteiger charge is -2.25. The minimum absolute atomic E-state index is 0. The van der Waals surface area contributed by atoms with E-state index in [-0.39, 0.29) is 29.4 Å². The van der Waals surface area contributed by atoms with Crippen LogP contribution in [0.4, 0.5) is 0 Å². The van der Waals surface area contributed by atoms with Crippen LogP contribution in [0.1, 0.15) is 49.5 Å². The Hall–Kier alpha value is -1.23. The summed E-state index contributed by atoms with van der Waals surface area (Å²) in [6, 6.07) is 0.307. The first-order valence-corrected chi connectivity index (χ1v) is 9.55. The lowest BCUT2D eigenvalue weighted by molar-refractivity contribution is 0.392. The maximum atomic E-state index is 4.72. The number of thiazole rings is 1. The van der Waals surface area contributed by atoms with Crippen molar-refractivity contribution in [3.63, 3.8) is 0 Å². The molecule has 3 rings (SSSR count). The van der Waals surface area contributed by atoms with Gasteiger partial charge in [0, 0.05) is 30.3 Å². The van der Waals surface area contributed by atoms with Crippen molar-refractivity contribution >= 4 is 41.3 Å². The van der Waals surface area contributed by atoms with Crippen molar-refractivity contribution < 1.29 is 0 Å². The summed E-state index contributed by atoms with van der Waals surface area (Å²) in [5, 5.41) is 14.5. The molecule has 9 heteroatoms. The second kappa shape index (κ2) is 8.64. The normalized spacial score (nSPS) is 17.4. The predicted molar refractivity (Wildman–Crippen MR) is 116 cm³/mol. The highest BCUT2D eigenvalue weighted by molar-refractivity contribution is 14.0. The smallest absolute Gasteiger partial charge is 0.191 e. The highest BCUT2D eigenvalue weighted by Crippen LogP contribution is 2.23. The van der Waals surface area contributed by atoms with E-state index in [0.717, 1.165) is 47.7 Å². The van der Waals surface area contributed by atoms with Crippen molar-refractivity contribution in [2.75, 3.05) is 7.05 Å². The summed E-state index contributed by atoms with van der Waals surface area (Å²) in [5.74, 6) is 2.73. The quantitative estimate of drug-likeness (QED) is 0.394. The second-order valence-corrected chi connectivity index (χ2v) is 8.38. The van der Waals surface area contributed by atoms with Crippen LogP contribution >= 0.6 is 35.3 Å². The van der Waals surface area contributed by atoms with Crippen LogP contribution in [0.3, 0.4) is 0 Å². The molecule has 144 valence electrons. The van der Waals surface area contributed by atoms with Crippen LogP contribution in [0, 0.1) is 6.92 Å². The maximum Gasteiger partial charge on any atom is 0.191 e. The Balaban J connectivity index is 0.00000243. The first-order valence-electron chi connectivity index (χ1n) is 8.67. The van der Waals surface area contributed by atoms with Crippen LogP contribution in [0.5, 0.6) is 0 Å². The van der Waals surface area contributed by atoms with Crippen molar-refractivity contribution in [3.05, 3.63) is 27.7 Å². The topological polar surface area (TPSA) is 80.0 Å². The number of rotatable bonds is 3. The summed E-state index contributed by atoms with van der Waals surface area (Å²) >= 11 is 1.69. The number of fused-ring (bicyclic) bond motifs is 1. The minimum atomic E-state index is 0. The number of aliphatic imine (C=N–C) groups is 1. The number of nitrogens with one attached hydrogen (secondary N) is 2. The molecule has 0 radical (unpaired) electrons. The number of guanidine groups is 1. The summed E-state index contributed by atoms with van der Waals surface area (Å²) < 4.78 is 2.00. The van der Waals surface area contributed by atoms with Crippen molar-refractivity contribution in [2.45, 2.75) is 65.1 Å². The zero-order chi connectivity index (χ0) is 18.0. The van der Waals surface area contributed by atoms with Crippen molar-refractivity contribution in [1.82, 2.24) is 30.4 Å². The van der Waals surface area contributed by atoms with Gasteiger partial charge in [-0.15, -0.1) is 35.3 Å². The Labute approximate surface area is 176 Å². The maximum absolute atomic E-state index is 4.72. The molecule has 3 heterocycles. The molecule has 7 nitrogen and oxygen atoms in total. The predicted octanol–water partition coefficient (Wildman–Crippen LogP) is 2.64. The molecule has 0 aromatic carbocycles. The van der Waals surface area contributed by atoms with Crippen molar-refractivity contribution in [2.24, 2.45) is 4.99 Å². The van der Waals surface area contributed by atoms with Gasteiger partial charge in [0.15, 0.2) is 5.96 Å². The Kier molecular flexibility index (Phi) is 7.00. The van der Waals surface area contributed by atoms with E-state index < -0.39 is 0 Å². The number of hydrogen-bond acceptors (Lipinski definition) is 5. The first kappa shape index (κ1) is 21.1. The third-order valence-corrected chi connectivity index (χ3v) is 5.10. The zero-order valence-corrected chi connectivity index (χ0v) is 19.2. The van der Waals surface area contributed by atoms with E-state index in [2.05, 4.69) is 51.9 Å². The fourth-order valence-electron chi connectivity index (χ4n) is 2.84. The fourth-order valence-corrected chi connectivity index (χ4v) is 3.80. The monoisotopic (exact) mass is 489 g/mol. The van der Waals surface area contributed by atoms with Gasteiger partial charge in [-0.25, -0.2) is 14.6 Å². The van der Waals surface area contributed by atoms with Gasteiger partial charge in [0.1, 0.15) is 16.7 Å². The highest BCUT2D eigenvalue weighted by atomic mass is 127. The second-order valence-electron chi connectivity index (χ2n) is 7.44. The Morgan fingerprint density at radius 2 is 2.15 bits per heavy atom. The van der Waals surface area contributed by atoms with Gasteiger partial charge < -0.3 is 10.6 Å². The molecule has 1 aliphatic heterocycles. The van der Waals surface area contributed by atoms with Gasteiger partial charge in [-0.05, 0) is 13.3 Å². The van der Waals surface area contributed by atoms with Crippen LogP contribution < -0.4 is 10.6 Å². The van der Waals surface area contributed by atoms with Crippen molar-refractivity contribution in [3.8, 4) is 0 Å². The Morgan fingerprint density at radius 3 is 2.81 bits per heavy atom. The molecule has 1 unspecified atom stereocenters. The van der Waals surface area contributed by atoms with Crippen LogP contribution in [-0.4, -0.2) is 38.8 Å². The zero-order valence-electron chi connectivity index (χ0n) is 16.0. The molecule has 1 atom stereocenters. The molecule has 2 aromatic rings. The molecular formula is C17H28IN7S. The fraction of sp³-hybridized carbons (Fsp3) is 0.647. The van der Waals surface area contributed by atoms with Gasteiger partial charge >= 0.3 is 0 Å². The van der Waals surface area contributed by atoms with E-state index >= 15 is 0 Å². The standard InChI is InChI=1S/C17H27N7S.HI/c1-11-20-14-7-6-12(9-24(14)23-11)21-16(18-5)19-8-15-22-13(10-25-15)17(2,3)4;/h10,12H,6-9H2,1-5H3,(H2,18,19,21);1H. The molecule has 0 fully saturated rings. The molecule has 0 bridgehead atoms. The average Bonchev–Trinajstić information content (AvgIpc) is 3.16. The molecule has 0 aliphatic carbocycles. The summed E-state index contributed by atoms with van der Waals surface area (Å²) in [6.07, 6.45) is 1.97. The summed E-state index contributed by atoms with van der Waals surface area (Å²) in [5.41, 5.74) is 1.23. The molecule has 26 heavy (non-hydrogen) atoms. The molecule has 0 spiro atoms. The summed E-state index contributed by atoms with van der Waals surface area (Å²) in [7, 11) is 1.80. The van der Waals surface area contributed by atoms with Gasteiger partial charge in [0.05, 0.1) is 18.8 Å². The number of aromatic nitrogens is 4. The van der Waals surface area contributed by atoms with Gasteiger partial charge in [-0.3, -0.25) is 4.99 Å². The van der Waals surface area contributed by atoms with Gasteiger partial charge in [0.2, 0.25) is 0 Å². The summed E-state index contributed by atoms with van der Waals surface area (Å²) in [4.78, 5) is 13.5.